The number of anilines is 1. The van der Waals surface area contributed by atoms with Gasteiger partial charge in [0.15, 0.2) is 0 Å². The summed E-state index contributed by atoms with van der Waals surface area (Å²) in [6.07, 6.45) is 3.77. The first-order chi connectivity index (χ1) is 6.36. The summed E-state index contributed by atoms with van der Waals surface area (Å²) in [7, 11) is 0. The zero-order chi connectivity index (χ0) is 9.10. The van der Waals surface area contributed by atoms with Crippen LogP contribution in [0.1, 0.15) is 0 Å². The predicted molar refractivity (Wildman–Crippen MR) is 57.7 cm³/mol. The van der Waals surface area contributed by atoms with Gasteiger partial charge < -0.3 is 0 Å². The molecule has 0 bridgehead atoms. The van der Waals surface area contributed by atoms with Crippen LogP contribution < -0.4 is 4.90 Å². The minimum atomic E-state index is -0.936. The molecule has 2 rings (SSSR count). The van der Waals surface area contributed by atoms with Crippen LogP contribution in [0, 0.1) is 0 Å². The summed E-state index contributed by atoms with van der Waals surface area (Å²) in [5.74, 6) is 0. The van der Waals surface area contributed by atoms with E-state index in [-0.39, 0.29) is 0 Å². The van der Waals surface area contributed by atoms with Crippen molar-refractivity contribution in [2.24, 2.45) is 0 Å². The Morgan fingerprint density at radius 1 is 1.23 bits per heavy atom. The van der Waals surface area contributed by atoms with Crippen LogP contribution in [-0.2, 0) is 0 Å². The van der Waals surface area contributed by atoms with Crippen LogP contribution >= 0.6 is 0 Å². The van der Waals surface area contributed by atoms with Crippen LogP contribution in [0.4, 0.5) is 5.69 Å². The minimum absolute atomic E-state index is 0.936. The van der Waals surface area contributed by atoms with Crippen molar-refractivity contribution in [3.8, 4) is 0 Å². The molecule has 2 heterocycles. The number of hydrogen-bond donors (Lipinski definition) is 0. The second-order valence-electron chi connectivity index (χ2n) is 3.87. The van der Waals surface area contributed by atoms with E-state index in [0.29, 0.717) is 0 Å². The van der Waals surface area contributed by atoms with Gasteiger partial charge in [-0.25, -0.2) is 0 Å². The molecule has 0 spiro atoms. The van der Waals surface area contributed by atoms with Gasteiger partial charge in [-0.1, -0.05) is 0 Å². The van der Waals surface area contributed by atoms with Gasteiger partial charge in [0, 0.05) is 0 Å². The molecule has 0 aromatic carbocycles. The average molecular weight is 278 g/mol. The molecular weight excluding hydrogens is 263 g/mol. The first kappa shape index (κ1) is 9.38. The summed E-state index contributed by atoms with van der Waals surface area (Å²) in [5, 5.41) is 0. The Morgan fingerprint density at radius 2 is 1.85 bits per heavy atom. The molecule has 13 heavy (non-hydrogen) atoms. The molecule has 0 unspecified atom stereocenters. The van der Waals surface area contributed by atoms with Gasteiger partial charge in [0.05, 0.1) is 0 Å². The zero-order valence-corrected chi connectivity index (χ0v) is 11.4. The van der Waals surface area contributed by atoms with Crippen molar-refractivity contribution in [3.05, 3.63) is 24.5 Å². The van der Waals surface area contributed by atoms with Gasteiger partial charge >= 0.3 is 87.7 Å². The van der Waals surface area contributed by atoms with Crippen LogP contribution in [0.2, 0.25) is 13.0 Å². The van der Waals surface area contributed by atoms with E-state index in [9.17, 15) is 0 Å². The Morgan fingerprint density at radius 3 is 2.46 bits per heavy atom. The van der Waals surface area contributed by atoms with Gasteiger partial charge in [-0.05, 0) is 0 Å². The SMILES string of the molecule is [CH3][In]1[CH2]CN(c2ccncc2)C[CH2]1. The maximum atomic E-state index is 4.04. The predicted octanol–water partition coefficient (Wildman–Crippen LogP) is 2.03. The van der Waals surface area contributed by atoms with Gasteiger partial charge in [-0.2, -0.15) is 0 Å². The van der Waals surface area contributed by atoms with Crippen molar-refractivity contribution in [3.63, 3.8) is 0 Å². The van der Waals surface area contributed by atoms with Crippen LogP contribution in [-0.4, -0.2) is 39.5 Å². The maximum absolute atomic E-state index is 4.04. The molecule has 1 aromatic rings. The number of nitrogens with zero attached hydrogens (tertiary/aromatic N) is 2. The molecule has 0 atom stereocenters. The quantitative estimate of drug-likeness (QED) is 0.781. The van der Waals surface area contributed by atoms with E-state index in [1.807, 2.05) is 12.4 Å². The molecule has 2 nitrogen and oxygen atoms in total. The summed E-state index contributed by atoms with van der Waals surface area (Å²) in [6.45, 7) is 2.59. The third-order valence-electron chi connectivity index (χ3n) is 2.81. The van der Waals surface area contributed by atoms with Crippen LogP contribution in [0.3, 0.4) is 0 Å². The summed E-state index contributed by atoms with van der Waals surface area (Å²) < 4.78 is 5.61. The molecule has 0 radical (unpaired) electrons. The molecule has 1 aliphatic heterocycles. The number of hydrogen-bond acceptors (Lipinski definition) is 2. The molecule has 1 fully saturated rings. The summed E-state index contributed by atoms with van der Waals surface area (Å²) in [5.41, 5.74) is 1.35. The topological polar surface area (TPSA) is 16.1 Å². The van der Waals surface area contributed by atoms with E-state index in [1.165, 1.54) is 27.1 Å². The molecule has 0 amide bonds. The van der Waals surface area contributed by atoms with E-state index in [0.717, 1.165) is 0 Å². The van der Waals surface area contributed by atoms with Gasteiger partial charge in [-0.15, -0.1) is 0 Å². The Labute approximate surface area is 87.5 Å². The third kappa shape index (κ3) is 2.39. The summed E-state index contributed by atoms with van der Waals surface area (Å²) >= 11 is -0.936. The Balaban J connectivity index is 2.03. The van der Waals surface area contributed by atoms with Crippen molar-refractivity contribution < 1.29 is 0 Å². The van der Waals surface area contributed by atoms with Crippen molar-refractivity contribution in [2.45, 2.75) is 13.0 Å². The summed E-state index contributed by atoms with van der Waals surface area (Å²) in [4.78, 5) is 6.54. The molecule has 0 N–H and O–H groups in total. The van der Waals surface area contributed by atoms with Gasteiger partial charge in [0.1, 0.15) is 0 Å². The molecule has 68 valence electrons. The molecule has 0 aliphatic carbocycles. The fourth-order valence-electron chi connectivity index (χ4n) is 1.82. The Bertz CT molecular complexity index is 255. The van der Waals surface area contributed by atoms with Gasteiger partial charge in [0.2, 0.25) is 0 Å². The average Bonchev–Trinajstić information content (AvgIpc) is 2.20. The van der Waals surface area contributed by atoms with Crippen LogP contribution in [0.15, 0.2) is 24.5 Å². The zero-order valence-electron chi connectivity index (χ0n) is 8.11. The summed E-state index contributed by atoms with van der Waals surface area (Å²) in [6, 6.07) is 4.23. The van der Waals surface area contributed by atoms with E-state index in [2.05, 4.69) is 26.7 Å². The van der Waals surface area contributed by atoms with Crippen molar-refractivity contribution >= 4 is 27.1 Å². The Kier molecular flexibility index (Phi) is 3.14. The van der Waals surface area contributed by atoms with Crippen LogP contribution in [0.25, 0.3) is 0 Å². The first-order valence-corrected chi connectivity index (χ1v) is 13.0. The van der Waals surface area contributed by atoms with E-state index in [4.69, 9.17) is 0 Å². The van der Waals surface area contributed by atoms with Crippen LogP contribution in [0.5, 0.6) is 0 Å². The van der Waals surface area contributed by atoms with Crippen molar-refractivity contribution in [1.29, 1.82) is 0 Å². The normalized spacial score (nSPS) is 17.6. The van der Waals surface area contributed by atoms with E-state index < -0.39 is 21.4 Å². The monoisotopic (exact) mass is 278 g/mol. The van der Waals surface area contributed by atoms with E-state index in [1.54, 1.807) is 0 Å². The van der Waals surface area contributed by atoms with Gasteiger partial charge in [0.25, 0.3) is 0 Å². The third-order valence-corrected chi connectivity index (χ3v) is 9.91. The fraction of sp³-hybridized carbons (Fsp3) is 0.500. The van der Waals surface area contributed by atoms with E-state index >= 15 is 0 Å². The molecule has 1 saturated heterocycles. The second-order valence-corrected chi connectivity index (χ2v) is 13.5. The molecule has 0 saturated carbocycles. The molecule has 1 aliphatic rings. The van der Waals surface area contributed by atoms with Gasteiger partial charge in [-0.3, -0.25) is 0 Å². The second kappa shape index (κ2) is 4.36. The van der Waals surface area contributed by atoms with Crippen molar-refractivity contribution in [1.82, 2.24) is 4.98 Å². The molecular formula is C10H15InN2. The first-order valence-electron chi connectivity index (χ1n) is 5.01. The number of aromatic nitrogens is 1. The molecule has 3 heteroatoms. The van der Waals surface area contributed by atoms with Crippen molar-refractivity contribution in [2.75, 3.05) is 18.0 Å². The number of rotatable bonds is 1. The standard InChI is InChI=1S/C9H12N2.CH3.In/c1-3-11(4-2)9-5-7-10-8-6-9;;/h5-8H,1-4H2;1H3;. The number of pyridine rings is 1. The molecule has 1 aromatic heterocycles. The fourth-order valence-corrected chi connectivity index (χ4v) is 6.94. The Hall–Kier alpha value is -0.180.